The molecule has 4 amide bonds. The van der Waals surface area contributed by atoms with Gasteiger partial charge in [-0.3, -0.25) is 28.8 Å². The highest BCUT2D eigenvalue weighted by molar-refractivity contribution is 6.37. The average molecular weight is 957 g/mol. The number of benzene rings is 5. The summed E-state index contributed by atoms with van der Waals surface area (Å²) in [6.45, 7) is 5.67. The number of hydrogen-bond acceptors (Lipinski definition) is 10. The molecule has 0 saturated carbocycles. The third-order valence-corrected chi connectivity index (χ3v) is 10.3. The maximum atomic E-state index is 13.4. The zero-order chi connectivity index (χ0) is 45.4. The van der Waals surface area contributed by atoms with Gasteiger partial charge < -0.3 is 21.3 Å². The van der Waals surface area contributed by atoms with E-state index in [-0.39, 0.29) is 32.5 Å². The largest absolute Gasteiger partial charge is 0.324 e. The van der Waals surface area contributed by atoms with E-state index in [9.17, 15) is 28.8 Å². The maximum Gasteiger partial charge on any atom is 0.258 e. The summed E-state index contributed by atoms with van der Waals surface area (Å²) in [5.74, 6) is -4.07. The molecule has 0 radical (unpaired) electrons. The Hall–Kier alpha value is -5.74. The normalized spacial score (nSPS) is 12.2. The molecule has 14 nitrogen and oxygen atoms in total. The molecule has 4 N–H and O–H groups in total. The number of anilines is 4. The topological polar surface area (TPSA) is 200 Å². The number of amides is 4. The summed E-state index contributed by atoms with van der Waals surface area (Å²) in [7, 11) is 0. The number of hydrogen-bond donors (Lipinski definition) is 4. The van der Waals surface area contributed by atoms with Crippen molar-refractivity contribution in [3.05, 3.63) is 137 Å². The van der Waals surface area contributed by atoms with E-state index in [2.05, 4.69) is 41.7 Å². The first kappa shape index (κ1) is 47.3. The van der Waals surface area contributed by atoms with E-state index >= 15 is 0 Å². The lowest BCUT2D eigenvalue weighted by Crippen LogP contribution is -2.33. The van der Waals surface area contributed by atoms with Gasteiger partial charge in [-0.1, -0.05) is 69.6 Å². The van der Waals surface area contributed by atoms with Crippen molar-refractivity contribution in [1.29, 1.82) is 0 Å². The van der Waals surface area contributed by atoms with Crippen molar-refractivity contribution in [2.75, 3.05) is 21.3 Å². The number of carbonyl (C=O) groups excluding carboxylic acids is 6. The number of carbonyl (C=O) groups is 6. The van der Waals surface area contributed by atoms with Crippen molar-refractivity contribution >= 4 is 139 Å². The monoisotopic (exact) mass is 954 g/mol. The lowest BCUT2D eigenvalue weighted by Gasteiger charge is -2.17. The second-order valence-electron chi connectivity index (χ2n) is 13.4. The summed E-state index contributed by atoms with van der Waals surface area (Å²) in [6, 6.07) is 17.2. The van der Waals surface area contributed by atoms with Gasteiger partial charge in [0.25, 0.3) is 23.6 Å². The number of nitrogens with zero attached hydrogens (tertiary/aromatic N) is 4. The number of nitrogens with one attached hydrogen (secondary N) is 4. The Bertz CT molecular complexity index is 2490. The molecule has 62 heavy (non-hydrogen) atoms. The molecule has 0 aliphatic rings. The predicted molar refractivity (Wildman–Crippen MR) is 243 cm³/mol. The van der Waals surface area contributed by atoms with Crippen LogP contribution in [0.1, 0.15) is 45.7 Å². The van der Waals surface area contributed by atoms with Crippen LogP contribution in [0.25, 0.3) is 0 Å². The third-order valence-electron chi connectivity index (χ3n) is 8.78. The first-order chi connectivity index (χ1) is 29.3. The Balaban J connectivity index is 1.26. The van der Waals surface area contributed by atoms with E-state index in [1.54, 1.807) is 13.8 Å². The lowest BCUT2D eigenvalue weighted by atomic mass is 10.0. The van der Waals surface area contributed by atoms with Crippen LogP contribution in [-0.4, -0.2) is 47.3 Å². The van der Waals surface area contributed by atoms with Crippen LogP contribution in [0.4, 0.5) is 34.1 Å². The molecule has 0 spiro atoms. The van der Waals surface area contributed by atoms with E-state index in [4.69, 9.17) is 69.6 Å². The van der Waals surface area contributed by atoms with Crippen LogP contribution < -0.4 is 21.3 Å². The van der Waals surface area contributed by atoms with E-state index in [1.165, 1.54) is 98.8 Å². The Kier molecular flexibility index (Phi) is 15.9. The minimum atomic E-state index is -1.58. The van der Waals surface area contributed by atoms with Crippen molar-refractivity contribution in [3.63, 3.8) is 0 Å². The quantitative estimate of drug-likeness (QED) is 0.0630. The number of azo groups is 2. The van der Waals surface area contributed by atoms with Gasteiger partial charge >= 0.3 is 0 Å². The van der Waals surface area contributed by atoms with Gasteiger partial charge in [-0.15, -0.1) is 0 Å². The first-order valence-electron chi connectivity index (χ1n) is 18.0. The van der Waals surface area contributed by atoms with Crippen LogP contribution >= 0.6 is 69.6 Å². The maximum absolute atomic E-state index is 13.4. The highest BCUT2D eigenvalue weighted by atomic mass is 35.5. The number of ketones is 2. The molecule has 5 rings (SSSR count). The van der Waals surface area contributed by atoms with Gasteiger partial charge in [0.2, 0.25) is 12.1 Å². The molecule has 0 bridgehead atoms. The lowest BCUT2D eigenvalue weighted by molar-refractivity contribution is -0.127. The van der Waals surface area contributed by atoms with Crippen molar-refractivity contribution < 1.29 is 28.8 Å². The summed E-state index contributed by atoms with van der Waals surface area (Å²) < 4.78 is 0. The van der Waals surface area contributed by atoms with Crippen molar-refractivity contribution in [2.45, 2.75) is 39.8 Å². The van der Waals surface area contributed by atoms with Gasteiger partial charge in [-0.2, -0.15) is 20.5 Å². The van der Waals surface area contributed by atoms with Gasteiger partial charge in [0, 0.05) is 42.8 Å². The highest BCUT2D eigenvalue weighted by Crippen LogP contribution is 2.30. The van der Waals surface area contributed by atoms with E-state index in [0.717, 1.165) is 0 Å². The molecule has 0 saturated heterocycles. The fourth-order valence-corrected chi connectivity index (χ4v) is 6.99. The summed E-state index contributed by atoms with van der Waals surface area (Å²) in [6.07, 6.45) is 0. The summed E-state index contributed by atoms with van der Waals surface area (Å²) in [5, 5.41) is 28.0. The van der Waals surface area contributed by atoms with Crippen LogP contribution in [0.2, 0.25) is 30.1 Å². The smallest absolute Gasteiger partial charge is 0.258 e. The SMILES string of the molecule is CC(=O)C(N=Nc1ccc(Cl)c(C(=O)Nc2cc(Cl)cc(Cl)c2)c1)C(=O)Nc1ccc(NC(=O)C(N=Nc2ccc(Cl)c(C(=O)Nc3cc(Cl)cc(Cl)c3)c2)C(C)=O)c(C)c1C. The minimum absolute atomic E-state index is 0.0260. The molecule has 2 unspecified atom stereocenters. The first-order valence-corrected chi connectivity index (χ1v) is 20.2. The summed E-state index contributed by atoms with van der Waals surface area (Å²) in [5.41, 5.74) is 2.56. The molecule has 0 heterocycles. The molecular weight excluding hydrogens is 925 g/mol. The second-order valence-corrected chi connectivity index (χ2v) is 16.0. The van der Waals surface area contributed by atoms with Gasteiger partial charge in [0.1, 0.15) is 0 Å². The molecule has 0 fully saturated rings. The van der Waals surface area contributed by atoms with Crippen LogP contribution in [0, 0.1) is 13.8 Å². The molecule has 5 aromatic rings. The molecule has 0 aliphatic carbocycles. The summed E-state index contributed by atoms with van der Waals surface area (Å²) >= 11 is 36.7. The molecular formula is C42H32Cl6N8O6. The van der Waals surface area contributed by atoms with Gasteiger partial charge in [-0.25, -0.2) is 0 Å². The Labute approximate surface area is 384 Å². The number of halogens is 6. The van der Waals surface area contributed by atoms with Crippen LogP contribution in [0.15, 0.2) is 105 Å². The van der Waals surface area contributed by atoms with Crippen molar-refractivity contribution in [1.82, 2.24) is 0 Å². The highest BCUT2D eigenvalue weighted by Gasteiger charge is 2.27. The van der Waals surface area contributed by atoms with Crippen LogP contribution in [-0.2, 0) is 19.2 Å². The standard InChI is InChI=1S/C42H32Cl6N8O6/c1-19-20(2)36(52-42(62)38(22(4)58)56-54-28-6-8-34(48)32(18-28)40(60)50-30-15-25(45)12-26(46)16-30)10-9-35(19)51-41(61)37(21(3)57)55-53-27-5-7-33(47)31(17-27)39(59)49-29-13-23(43)11-24(44)14-29/h5-18,37-38H,1-4H3,(H,49,59)(H,50,60)(H,51,61)(H,52,62). The number of Topliss-reactive ketones (excluding diaryl/α,β-unsaturated/α-hetero) is 2. The summed E-state index contributed by atoms with van der Waals surface area (Å²) in [4.78, 5) is 77.9. The fraction of sp³-hybridized carbons (Fsp3) is 0.143. The average Bonchev–Trinajstić information content (AvgIpc) is 3.18. The van der Waals surface area contributed by atoms with E-state index in [0.29, 0.717) is 54.0 Å². The third kappa shape index (κ3) is 12.4. The van der Waals surface area contributed by atoms with Crippen LogP contribution in [0.3, 0.4) is 0 Å². The van der Waals surface area contributed by atoms with Gasteiger partial charge in [0.15, 0.2) is 11.6 Å². The molecule has 0 aliphatic heterocycles. The molecule has 5 aromatic carbocycles. The Morgan fingerprint density at radius 1 is 0.468 bits per heavy atom. The second kappa shape index (κ2) is 20.9. The van der Waals surface area contributed by atoms with E-state index in [1.807, 2.05) is 0 Å². The van der Waals surface area contributed by atoms with Gasteiger partial charge in [-0.05, 0) is 124 Å². The zero-order valence-electron chi connectivity index (χ0n) is 32.7. The Morgan fingerprint density at radius 3 is 1.13 bits per heavy atom. The molecule has 20 heteroatoms. The Morgan fingerprint density at radius 2 is 0.806 bits per heavy atom. The van der Waals surface area contributed by atoms with Gasteiger partial charge in [0.05, 0.1) is 32.5 Å². The van der Waals surface area contributed by atoms with Crippen molar-refractivity contribution in [2.24, 2.45) is 20.5 Å². The minimum Gasteiger partial charge on any atom is -0.324 e. The number of rotatable bonds is 14. The molecule has 0 aromatic heterocycles. The predicted octanol–water partition coefficient (Wildman–Crippen LogP) is 12.1. The molecule has 318 valence electrons. The zero-order valence-corrected chi connectivity index (χ0v) is 37.3. The fourth-order valence-electron chi connectivity index (χ4n) is 5.53. The van der Waals surface area contributed by atoms with E-state index < -0.39 is 47.3 Å². The van der Waals surface area contributed by atoms with Crippen molar-refractivity contribution in [3.8, 4) is 0 Å². The molecule has 2 atom stereocenters. The van der Waals surface area contributed by atoms with Crippen LogP contribution in [0.5, 0.6) is 0 Å².